The van der Waals surface area contributed by atoms with Crippen LogP contribution in [0.4, 0.5) is 4.39 Å². The third-order valence-corrected chi connectivity index (χ3v) is 2.57. The van der Waals surface area contributed by atoms with Gasteiger partial charge >= 0.3 is 5.97 Å². The lowest BCUT2D eigenvalue weighted by atomic mass is 9.95. The van der Waals surface area contributed by atoms with Gasteiger partial charge in [-0.15, -0.1) is 0 Å². The van der Waals surface area contributed by atoms with Gasteiger partial charge in [0, 0.05) is 6.42 Å². The molecule has 88 valence electrons. The van der Waals surface area contributed by atoms with Gasteiger partial charge in [-0.1, -0.05) is 18.2 Å². The molecule has 0 aromatic heterocycles. The van der Waals surface area contributed by atoms with Crippen molar-refractivity contribution in [1.82, 2.24) is 5.32 Å². The molecule has 2 rings (SSSR count). The molecule has 1 atom stereocenters. The first-order valence-electron chi connectivity index (χ1n) is 5.06. The van der Waals surface area contributed by atoms with E-state index in [1.54, 1.807) is 0 Å². The highest BCUT2D eigenvalue weighted by Crippen LogP contribution is 2.25. The molecule has 1 heterocycles. The number of rotatable bonds is 2. The van der Waals surface area contributed by atoms with Crippen molar-refractivity contribution in [2.24, 2.45) is 0 Å². The molecule has 4 nitrogen and oxygen atoms in total. The third kappa shape index (κ3) is 2.33. The normalized spacial score (nSPS) is 19.5. The molecular weight excluding hydrogens is 225 g/mol. The van der Waals surface area contributed by atoms with E-state index in [0.29, 0.717) is 5.56 Å². The van der Waals surface area contributed by atoms with Gasteiger partial charge in [-0.05, 0) is 17.7 Å². The maximum absolute atomic E-state index is 12.8. The van der Waals surface area contributed by atoms with Crippen molar-refractivity contribution in [3.63, 3.8) is 0 Å². The summed E-state index contributed by atoms with van der Waals surface area (Å²) < 4.78 is 12.8. The predicted molar refractivity (Wildman–Crippen MR) is 57.6 cm³/mol. The first-order valence-corrected chi connectivity index (χ1v) is 5.06. The van der Waals surface area contributed by atoms with Gasteiger partial charge in [0.05, 0.1) is 11.6 Å². The van der Waals surface area contributed by atoms with Gasteiger partial charge in [0.15, 0.2) is 0 Å². The Morgan fingerprint density at radius 2 is 2.00 bits per heavy atom. The molecule has 0 spiro atoms. The maximum Gasteiger partial charge on any atom is 0.333 e. The minimum atomic E-state index is -1.08. The number of aliphatic carboxylic acids is 1. The summed E-state index contributed by atoms with van der Waals surface area (Å²) in [6, 6.07) is 4.67. The number of carbonyl (C=O) groups is 2. The fourth-order valence-corrected chi connectivity index (χ4v) is 1.75. The Kier molecular flexibility index (Phi) is 2.91. The average Bonchev–Trinajstić information content (AvgIpc) is 2.29. The smallest absolute Gasteiger partial charge is 0.333 e. The molecule has 0 fully saturated rings. The van der Waals surface area contributed by atoms with Crippen LogP contribution in [0.5, 0.6) is 0 Å². The Balaban J connectivity index is 2.37. The average molecular weight is 235 g/mol. The Bertz CT molecular complexity index is 493. The summed E-state index contributed by atoms with van der Waals surface area (Å²) in [5.41, 5.74) is 0.657. The van der Waals surface area contributed by atoms with Gasteiger partial charge in [-0.2, -0.15) is 0 Å². The van der Waals surface area contributed by atoms with Gasteiger partial charge < -0.3 is 10.4 Å². The van der Waals surface area contributed by atoms with Crippen LogP contribution >= 0.6 is 0 Å². The fraction of sp³-hybridized carbons (Fsp3) is 0.167. The van der Waals surface area contributed by atoms with Crippen LogP contribution in [0.2, 0.25) is 0 Å². The first kappa shape index (κ1) is 11.3. The summed E-state index contributed by atoms with van der Waals surface area (Å²) in [6.45, 7) is 0. The number of carboxylic acids is 1. The molecule has 1 aliphatic heterocycles. The van der Waals surface area contributed by atoms with Crippen LogP contribution in [0.25, 0.3) is 0 Å². The van der Waals surface area contributed by atoms with Crippen LogP contribution in [0.3, 0.4) is 0 Å². The lowest BCUT2D eigenvalue weighted by Gasteiger charge is -2.23. The molecule has 0 bridgehead atoms. The molecule has 2 N–H and O–H groups in total. The second kappa shape index (κ2) is 4.37. The highest BCUT2D eigenvalue weighted by Gasteiger charge is 2.27. The lowest BCUT2D eigenvalue weighted by molar-refractivity contribution is -0.133. The monoisotopic (exact) mass is 235 g/mol. The predicted octanol–water partition coefficient (Wildman–Crippen LogP) is 1.40. The van der Waals surface area contributed by atoms with Crippen LogP contribution in [-0.4, -0.2) is 17.0 Å². The number of hydrogen-bond acceptors (Lipinski definition) is 2. The Labute approximate surface area is 96.8 Å². The summed E-state index contributed by atoms with van der Waals surface area (Å²) in [6.07, 6.45) is 1.44. The van der Waals surface area contributed by atoms with Gasteiger partial charge in [0.1, 0.15) is 5.82 Å². The summed E-state index contributed by atoms with van der Waals surface area (Å²) in [5, 5.41) is 11.6. The van der Waals surface area contributed by atoms with Gasteiger partial charge in [-0.25, -0.2) is 9.18 Å². The molecule has 1 aromatic carbocycles. The number of benzene rings is 1. The van der Waals surface area contributed by atoms with E-state index in [4.69, 9.17) is 5.11 Å². The molecule has 0 saturated carbocycles. The second-order valence-electron chi connectivity index (χ2n) is 3.72. The number of hydrogen-bond donors (Lipinski definition) is 2. The molecule has 0 radical (unpaired) electrons. The highest BCUT2D eigenvalue weighted by molar-refractivity contribution is 5.93. The minimum Gasteiger partial charge on any atom is -0.478 e. The molecule has 0 aliphatic carbocycles. The van der Waals surface area contributed by atoms with Crippen molar-refractivity contribution in [2.45, 2.75) is 12.5 Å². The number of halogens is 1. The quantitative estimate of drug-likeness (QED) is 0.814. The van der Waals surface area contributed by atoms with E-state index in [2.05, 4.69) is 5.32 Å². The molecular formula is C12H10FNO3. The third-order valence-electron chi connectivity index (χ3n) is 2.57. The van der Waals surface area contributed by atoms with Crippen molar-refractivity contribution < 1.29 is 19.1 Å². The van der Waals surface area contributed by atoms with Crippen molar-refractivity contribution in [3.8, 4) is 0 Å². The molecule has 0 unspecified atom stereocenters. The van der Waals surface area contributed by atoms with E-state index in [0.717, 1.165) is 0 Å². The Hall–Kier alpha value is -2.17. The minimum absolute atomic E-state index is 0.0549. The summed E-state index contributed by atoms with van der Waals surface area (Å²) >= 11 is 0. The van der Waals surface area contributed by atoms with Gasteiger partial charge in [-0.3, -0.25) is 4.79 Å². The summed E-state index contributed by atoms with van der Waals surface area (Å²) in [7, 11) is 0. The topological polar surface area (TPSA) is 66.4 Å². The maximum atomic E-state index is 12.8. The summed E-state index contributed by atoms with van der Waals surface area (Å²) in [4.78, 5) is 22.3. The molecule has 1 aromatic rings. The first-order chi connectivity index (χ1) is 8.08. The van der Waals surface area contributed by atoms with Gasteiger partial charge in [0.25, 0.3) is 0 Å². The second-order valence-corrected chi connectivity index (χ2v) is 3.72. The van der Waals surface area contributed by atoms with E-state index < -0.39 is 17.8 Å². The molecule has 1 aliphatic rings. The standard InChI is InChI=1S/C12H10FNO3/c13-8-3-1-7(2-4-8)11-9(12(16)17)5-6-10(15)14-11/h1-5,11H,6H2,(H,14,15)(H,16,17)/t11-/m1/s1. The van der Waals surface area contributed by atoms with Crippen molar-refractivity contribution in [1.29, 1.82) is 0 Å². The largest absolute Gasteiger partial charge is 0.478 e. The lowest BCUT2D eigenvalue weighted by Crippen LogP contribution is -2.35. The van der Waals surface area contributed by atoms with E-state index in [-0.39, 0.29) is 17.9 Å². The summed E-state index contributed by atoms with van der Waals surface area (Å²) in [5.74, 6) is -1.74. The zero-order chi connectivity index (χ0) is 12.4. The molecule has 17 heavy (non-hydrogen) atoms. The van der Waals surface area contributed by atoms with Crippen molar-refractivity contribution in [2.75, 3.05) is 0 Å². The van der Waals surface area contributed by atoms with E-state index in [1.807, 2.05) is 0 Å². The fourth-order valence-electron chi connectivity index (χ4n) is 1.75. The number of nitrogens with one attached hydrogen (secondary N) is 1. The van der Waals surface area contributed by atoms with Crippen LogP contribution < -0.4 is 5.32 Å². The number of amides is 1. The van der Waals surface area contributed by atoms with E-state index in [9.17, 15) is 14.0 Å². The van der Waals surface area contributed by atoms with Crippen LogP contribution in [0.15, 0.2) is 35.9 Å². The zero-order valence-corrected chi connectivity index (χ0v) is 8.81. The number of carboxylic acid groups (broad SMARTS) is 1. The molecule has 1 amide bonds. The SMILES string of the molecule is O=C1CC=C(C(=O)O)[C@@H](c2ccc(F)cc2)N1. The van der Waals surface area contributed by atoms with Gasteiger partial charge in [0.2, 0.25) is 5.91 Å². The molecule has 5 heteroatoms. The Morgan fingerprint density at radius 3 is 2.59 bits per heavy atom. The van der Waals surface area contributed by atoms with Crippen LogP contribution in [0.1, 0.15) is 18.0 Å². The van der Waals surface area contributed by atoms with Crippen LogP contribution in [-0.2, 0) is 9.59 Å². The zero-order valence-electron chi connectivity index (χ0n) is 8.81. The Morgan fingerprint density at radius 1 is 1.35 bits per heavy atom. The highest BCUT2D eigenvalue weighted by atomic mass is 19.1. The van der Waals surface area contributed by atoms with E-state index >= 15 is 0 Å². The number of carbonyl (C=O) groups excluding carboxylic acids is 1. The van der Waals surface area contributed by atoms with Crippen LogP contribution in [0, 0.1) is 5.82 Å². The molecule has 0 saturated heterocycles. The van der Waals surface area contributed by atoms with E-state index in [1.165, 1.54) is 30.3 Å². The van der Waals surface area contributed by atoms with Crippen molar-refractivity contribution >= 4 is 11.9 Å². The van der Waals surface area contributed by atoms with Crippen molar-refractivity contribution in [3.05, 3.63) is 47.3 Å².